The number of aromatic nitrogens is 4. The van der Waals surface area contributed by atoms with Gasteiger partial charge < -0.3 is 55.5 Å². The van der Waals surface area contributed by atoms with Gasteiger partial charge in [0, 0.05) is 33.2 Å². The minimum Gasteiger partial charge on any atom is -0.493 e. The van der Waals surface area contributed by atoms with Crippen molar-refractivity contribution in [2.75, 3.05) is 39.8 Å². The lowest BCUT2D eigenvalue weighted by Gasteiger charge is -2.31. The molecule has 0 saturated carbocycles. The number of aromatic amines is 1. The largest absolute Gasteiger partial charge is 0.493 e. The summed E-state index contributed by atoms with van der Waals surface area (Å²) in [7, 11) is -0.00831. The minimum absolute atomic E-state index is 0.147. The Morgan fingerprint density at radius 1 is 0.797 bits per heavy atom. The van der Waals surface area contributed by atoms with Gasteiger partial charge in [0.25, 0.3) is 5.56 Å². The molecule has 1 aliphatic heterocycles. The number of aliphatic hydroxyl groups is 2. The lowest BCUT2D eigenvalue weighted by molar-refractivity contribution is -0.170. The third-order valence-corrected chi connectivity index (χ3v) is 10.3. The van der Waals surface area contributed by atoms with Crippen molar-refractivity contribution in [3.8, 4) is 17.1 Å². The Balaban J connectivity index is 0.000000381. The van der Waals surface area contributed by atoms with Crippen molar-refractivity contribution in [3.05, 3.63) is 34.2 Å². The molecule has 0 unspecified atom stereocenters. The maximum Gasteiger partial charge on any atom is 0.336 e. The zero-order chi connectivity index (χ0) is 45.0. The van der Waals surface area contributed by atoms with Gasteiger partial charge in [-0.25, -0.2) is 23.0 Å². The van der Waals surface area contributed by atoms with Crippen LogP contribution in [0.5, 0.6) is 5.75 Å². The summed E-state index contributed by atoms with van der Waals surface area (Å²) in [6.07, 6.45) is -3.03. The lowest BCUT2D eigenvalue weighted by atomic mass is 9.96. The number of carboxylic acid groups (broad SMARTS) is 6. The first-order valence-electron chi connectivity index (χ1n) is 17.5. The smallest absolute Gasteiger partial charge is 0.336 e. The zero-order valence-corrected chi connectivity index (χ0v) is 33.1. The molecule has 0 amide bonds. The van der Waals surface area contributed by atoms with E-state index in [1.807, 2.05) is 20.9 Å². The molecule has 1 fully saturated rings. The molecule has 59 heavy (non-hydrogen) atoms. The molecular formula is C34H46N6O18S. The molecule has 1 aromatic carbocycles. The standard InChI is InChI=1S/C22H30N6O4S.2C6H8O7/c1-5-7-17-19-20(27(4)25-17)22(29)24-21(23-19)16-14-15(8-9-18(16)32-6-2)33(30,31)28-12-10-26(3)11-13-28;2*7-3(8)1-6(13,5(11)12)2-4(9)10/h8-9,14H,5-7,10-13H2,1-4H3,(H,23,24,29);2*13H,1-2H2,(H,7,8)(H,9,10)(H,11,12). The molecule has 25 heteroatoms. The zero-order valence-electron chi connectivity index (χ0n) is 32.3. The first kappa shape index (κ1) is 49.1. The molecule has 2 aromatic heterocycles. The van der Waals surface area contributed by atoms with Gasteiger partial charge in [-0.05, 0) is 38.6 Å². The minimum atomic E-state index is -3.70. The Kier molecular flexibility index (Phi) is 17.2. The van der Waals surface area contributed by atoms with Crippen molar-refractivity contribution >= 4 is 56.9 Å². The van der Waals surface area contributed by atoms with Crippen LogP contribution in [0, 0.1) is 0 Å². The van der Waals surface area contributed by atoms with E-state index in [2.05, 4.69) is 15.0 Å². The average Bonchev–Trinajstić information content (AvgIpc) is 3.42. The Morgan fingerprint density at radius 3 is 1.68 bits per heavy atom. The second-order valence-electron chi connectivity index (χ2n) is 13.2. The van der Waals surface area contributed by atoms with Crippen molar-refractivity contribution < 1.29 is 82.8 Å². The van der Waals surface area contributed by atoms with Crippen LogP contribution in [0.3, 0.4) is 0 Å². The van der Waals surface area contributed by atoms with Crippen LogP contribution in [0.25, 0.3) is 22.4 Å². The van der Waals surface area contributed by atoms with Gasteiger partial charge in [-0.1, -0.05) is 13.3 Å². The second kappa shape index (κ2) is 20.6. The summed E-state index contributed by atoms with van der Waals surface area (Å²) >= 11 is 0. The fraction of sp³-hybridized carbons (Fsp3) is 0.500. The number of hydrogen-bond donors (Lipinski definition) is 9. The summed E-state index contributed by atoms with van der Waals surface area (Å²) in [4.78, 5) is 83.6. The predicted octanol–water partition coefficient (Wildman–Crippen LogP) is -0.886. The number of sulfonamides is 1. The van der Waals surface area contributed by atoms with Crippen LogP contribution in [0.4, 0.5) is 0 Å². The fourth-order valence-electron chi connectivity index (χ4n) is 5.52. The van der Waals surface area contributed by atoms with Gasteiger partial charge in [-0.15, -0.1) is 0 Å². The molecule has 0 atom stereocenters. The van der Waals surface area contributed by atoms with Crippen molar-refractivity contribution in [2.45, 2.75) is 68.5 Å². The topological polar surface area (TPSA) is 378 Å². The number of rotatable bonds is 17. The maximum atomic E-state index is 13.3. The number of piperazine rings is 1. The second-order valence-corrected chi connectivity index (χ2v) is 15.1. The van der Waals surface area contributed by atoms with Crippen LogP contribution in [-0.4, -0.2) is 165 Å². The summed E-state index contributed by atoms with van der Waals surface area (Å²) in [5.41, 5.74) is -3.73. The number of benzene rings is 1. The number of nitrogens with zero attached hydrogens (tertiary/aromatic N) is 5. The molecule has 1 aliphatic rings. The normalized spacial score (nSPS) is 13.7. The quantitative estimate of drug-likeness (QED) is 0.0795. The number of fused-ring (bicyclic) bond motifs is 1. The molecule has 0 spiro atoms. The molecule has 24 nitrogen and oxygen atoms in total. The van der Waals surface area contributed by atoms with E-state index in [-0.39, 0.29) is 16.3 Å². The Labute approximate surface area is 334 Å². The molecule has 9 N–H and O–H groups in total. The van der Waals surface area contributed by atoms with Crippen LogP contribution in [0.2, 0.25) is 0 Å². The monoisotopic (exact) mass is 858 g/mol. The first-order chi connectivity index (χ1) is 27.3. The highest BCUT2D eigenvalue weighted by Crippen LogP contribution is 2.32. The Morgan fingerprint density at radius 2 is 1.27 bits per heavy atom. The van der Waals surface area contributed by atoms with Crippen LogP contribution in [0.15, 0.2) is 27.9 Å². The van der Waals surface area contributed by atoms with Crippen molar-refractivity contribution in [3.63, 3.8) is 0 Å². The number of aliphatic carboxylic acids is 6. The average molecular weight is 859 g/mol. The van der Waals surface area contributed by atoms with Crippen LogP contribution >= 0.6 is 0 Å². The van der Waals surface area contributed by atoms with E-state index in [0.29, 0.717) is 61.6 Å². The van der Waals surface area contributed by atoms with Crippen molar-refractivity contribution in [1.82, 2.24) is 29.0 Å². The highest BCUT2D eigenvalue weighted by Gasteiger charge is 2.41. The number of carboxylic acids is 6. The summed E-state index contributed by atoms with van der Waals surface area (Å²) in [5, 5.41) is 72.1. The van der Waals surface area contributed by atoms with Gasteiger partial charge in [0.05, 0.1) is 48.4 Å². The number of H-pyrrole nitrogens is 1. The molecule has 0 aliphatic carbocycles. The van der Waals surface area contributed by atoms with E-state index >= 15 is 0 Å². The van der Waals surface area contributed by atoms with Gasteiger partial charge in [0.15, 0.2) is 16.7 Å². The molecule has 326 valence electrons. The van der Waals surface area contributed by atoms with Gasteiger partial charge >= 0.3 is 35.8 Å². The summed E-state index contributed by atoms with van der Waals surface area (Å²) in [6.45, 7) is 6.48. The van der Waals surface area contributed by atoms with Crippen molar-refractivity contribution in [2.24, 2.45) is 7.05 Å². The molecule has 0 radical (unpaired) electrons. The van der Waals surface area contributed by atoms with E-state index in [1.54, 1.807) is 25.2 Å². The van der Waals surface area contributed by atoms with Gasteiger partial charge in [0.2, 0.25) is 10.0 Å². The third kappa shape index (κ3) is 13.3. The van der Waals surface area contributed by atoms with Gasteiger partial charge in [-0.3, -0.25) is 28.7 Å². The highest BCUT2D eigenvalue weighted by atomic mass is 32.2. The lowest BCUT2D eigenvalue weighted by Crippen LogP contribution is -2.47. The van der Waals surface area contributed by atoms with Crippen LogP contribution in [0.1, 0.15) is 51.6 Å². The SMILES string of the molecule is CCCc1nn(C)c2c(=O)[nH]c(-c3cc(S(=O)(=O)N4CCN(C)CC4)ccc3OCC)nc12.O=C(O)CC(O)(CC(=O)O)C(=O)O.O=C(O)CC(O)(CC(=O)O)C(=O)O. The molecule has 3 heterocycles. The molecule has 3 aromatic rings. The van der Waals surface area contributed by atoms with Crippen molar-refractivity contribution in [1.29, 1.82) is 0 Å². The summed E-state index contributed by atoms with van der Waals surface area (Å²) in [5.74, 6) is -9.32. The van der Waals surface area contributed by atoms with E-state index in [9.17, 15) is 42.0 Å². The molecule has 4 rings (SSSR count). The number of likely N-dealkylation sites (N-methyl/N-ethyl adjacent to an activating group) is 1. The maximum absolute atomic E-state index is 13.3. The number of nitrogens with one attached hydrogen (secondary N) is 1. The van der Waals surface area contributed by atoms with E-state index in [4.69, 9.17) is 50.6 Å². The van der Waals surface area contributed by atoms with Crippen LogP contribution in [-0.2, 0) is 52.3 Å². The molecule has 0 bridgehead atoms. The number of ether oxygens (including phenoxy) is 1. The molecule has 1 saturated heterocycles. The summed E-state index contributed by atoms with van der Waals surface area (Å²) < 4.78 is 35.4. The predicted molar refractivity (Wildman–Crippen MR) is 200 cm³/mol. The molecular weight excluding hydrogens is 812 g/mol. The third-order valence-electron chi connectivity index (χ3n) is 8.43. The van der Waals surface area contributed by atoms with E-state index in [0.717, 1.165) is 12.1 Å². The summed E-state index contributed by atoms with van der Waals surface area (Å²) in [6, 6.07) is 4.71. The fourth-order valence-corrected chi connectivity index (χ4v) is 6.97. The number of carbonyl (C=O) groups is 6. The Hall–Kier alpha value is -6.02. The Bertz CT molecular complexity index is 2130. The van der Waals surface area contributed by atoms with E-state index < -0.39 is 82.7 Å². The van der Waals surface area contributed by atoms with Gasteiger partial charge in [-0.2, -0.15) is 9.40 Å². The first-order valence-corrected chi connectivity index (χ1v) is 19.0. The number of aryl methyl sites for hydroxylation is 2. The van der Waals surface area contributed by atoms with Crippen LogP contribution < -0.4 is 10.3 Å². The van der Waals surface area contributed by atoms with E-state index in [1.165, 1.54) is 8.99 Å². The number of hydrogen-bond acceptors (Lipinski definition) is 15. The highest BCUT2D eigenvalue weighted by molar-refractivity contribution is 7.89. The van der Waals surface area contributed by atoms with Gasteiger partial charge in [0.1, 0.15) is 17.1 Å².